The molecule has 0 aromatic heterocycles. The lowest BCUT2D eigenvalue weighted by Crippen LogP contribution is -2.42. The number of allylic oxidation sites excluding steroid dienone is 3. The number of amides is 1. The van der Waals surface area contributed by atoms with Gasteiger partial charge in [-0.1, -0.05) is 23.4 Å². The van der Waals surface area contributed by atoms with E-state index in [1.54, 1.807) is 11.0 Å². The van der Waals surface area contributed by atoms with Crippen molar-refractivity contribution in [2.75, 3.05) is 39.5 Å². The average molecular weight is 444 g/mol. The predicted octanol–water partition coefficient (Wildman–Crippen LogP) is 2.32. The van der Waals surface area contributed by atoms with Gasteiger partial charge in [0.15, 0.2) is 6.61 Å². The van der Waals surface area contributed by atoms with E-state index in [1.807, 2.05) is 18.2 Å². The number of nitrogens with zero attached hydrogens (tertiary/aromatic N) is 2. The zero-order chi connectivity index (χ0) is 22.8. The van der Waals surface area contributed by atoms with Crippen LogP contribution in [0, 0.1) is 0 Å². The molecule has 9 heteroatoms. The van der Waals surface area contributed by atoms with Gasteiger partial charge < -0.3 is 29.4 Å². The molecule has 9 nitrogen and oxygen atoms in total. The van der Waals surface area contributed by atoms with Gasteiger partial charge in [-0.2, -0.15) is 0 Å². The number of phenolic OH excluding ortho intramolecular Hbond substituents is 2. The van der Waals surface area contributed by atoms with Gasteiger partial charge in [0.05, 0.1) is 25.5 Å². The van der Waals surface area contributed by atoms with Crippen LogP contribution < -0.4 is 0 Å². The SMILES string of the molecule is O=C1OCC/C=C/CC/C=C/C(=N\OCC(=O)N2CCOCC2)Cc2cc(O)cc(O)c21. The Hall–Kier alpha value is -3.33. The summed E-state index contributed by atoms with van der Waals surface area (Å²) in [6.45, 7) is 1.98. The fourth-order valence-electron chi connectivity index (χ4n) is 3.37. The number of carbonyl (C=O) groups is 2. The molecule has 0 bridgehead atoms. The van der Waals surface area contributed by atoms with Crippen molar-refractivity contribution in [1.82, 2.24) is 4.90 Å². The Morgan fingerprint density at radius 2 is 1.81 bits per heavy atom. The van der Waals surface area contributed by atoms with E-state index in [0.29, 0.717) is 44.0 Å². The van der Waals surface area contributed by atoms with Gasteiger partial charge in [0.2, 0.25) is 0 Å². The lowest BCUT2D eigenvalue weighted by atomic mass is 10.00. The number of morpholine rings is 1. The molecular weight excluding hydrogens is 416 g/mol. The summed E-state index contributed by atoms with van der Waals surface area (Å²) < 4.78 is 10.5. The molecule has 0 saturated carbocycles. The summed E-state index contributed by atoms with van der Waals surface area (Å²) in [6, 6.07) is 2.47. The van der Waals surface area contributed by atoms with E-state index in [9.17, 15) is 19.8 Å². The standard InChI is InChI=1S/C23H28N2O7/c26-19-14-17-13-18(24-32-16-21(28)25-8-11-30-12-9-25)7-5-3-1-2-4-6-10-31-23(29)22(17)20(27)15-19/h2,4-5,7,14-15,26-27H,1,3,6,8-13,16H2/b4-2+,7-5+,24-18+. The zero-order valence-electron chi connectivity index (χ0n) is 17.9. The van der Waals surface area contributed by atoms with Gasteiger partial charge >= 0.3 is 5.97 Å². The highest BCUT2D eigenvalue weighted by Crippen LogP contribution is 2.29. The summed E-state index contributed by atoms with van der Waals surface area (Å²) in [5.41, 5.74) is 0.737. The third-order valence-electron chi connectivity index (χ3n) is 4.99. The fraction of sp³-hybridized carbons (Fsp3) is 0.435. The number of phenols is 2. The highest BCUT2D eigenvalue weighted by atomic mass is 16.6. The monoisotopic (exact) mass is 444 g/mol. The van der Waals surface area contributed by atoms with E-state index in [1.165, 1.54) is 6.07 Å². The van der Waals surface area contributed by atoms with Gasteiger partial charge in [0.1, 0.15) is 17.1 Å². The van der Waals surface area contributed by atoms with Crippen molar-refractivity contribution in [2.24, 2.45) is 5.16 Å². The maximum atomic E-state index is 12.6. The van der Waals surface area contributed by atoms with Crippen molar-refractivity contribution < 1.29 is 34.1 Å². The van der Waals surface area contributed by atoms with Crippen LogP contribution in [-0.2, 0) is 25.5 Å². The van der Waals surface area contributed by atoms with E-state index in [0.717, 1.165) is 18.9 Å². The molecule has 1 aromatic carbocycles. The molecular formula is C23H28N2O7. The topological polar surface area (TPSA) is 118 Å². The quantitative estimate of drug-likeness (QED) is 0.417. The molecule has 2 aliphatic rings. The van der Waals surface area contributed by atoms with Crippen molar-refractivity contribution in [3.8, 4) is 11.5 Å². The number of benzene rings is 1. The molecule has 1 fully saturated rings. The number of fused-ring (bicyclic) bond motifs is 1. The number of oxime groups is 1. The molecule has 0 unspecified atom stereocenters. The Bertz CT molecular complexity index is 902. The summed E-state index contributed by atoms with van der Waals surface area (Å²) in [7, 11) is 0. The molecule has 1 saturated heterocycles. The molecule has 0 atom stereocenters. The summed E-state index contributed by atoms with van der Waals surface area (Å²) in [4.78, 5) is 31.8. The highest BCUT2D eigenvalue weighted by Gasteiger charge is 2.21. The summed E-state index contributed by atoms with van der Waals surface area (Å²) in [5, 5.41) is 24.3. The summed E-state index contributed by atoms with van der Waals surface area (Å²) in [6.07, 6.45) is 9.83. The smallest absolute Gasteiger partial charge is 0.342 e. The van der Waals surface area contributed by atoms with Crippen LogP contribution >= 0.6 is 0 Å². The van der Waals surface area contributed by atoms with Crippen molar-refractivity contribution >= 4 is 17.6 Å². The molecule has 172 valence electrons. The highest BCUT2D eigenvalue weighted by molar-refractivity contribution is 6.00. The van der Waals surface area contributed by atoms with Gasteiger partial charge in [-0.05, 0) is 37.0 Å². The summed E-state index contributed by atoms with van der Waals surface area (Å²) in [5.74, 6) is -1.44. The predicted molar refractivity (Wildman–Crippen MR) is 117 cm³/mol. The van der Waals surface area contributed by atoms with E-state index in [2.05, 4.69) is 5.16 Å². The van der Waals surface area contributed by atoms with Gasteiger partial charge in [-0.3, -0.25) is 4.79 Å². The number of carbonyl (C=O) groups excluding carboxylic acids is 2. The third-order valence-corrected chi connectivity index (χ3v) is 4.99. The van der Waals surface area contributed by atoms with Gasteiger partial charge in [0, 0.05) is 25.6 Å². The molecule has 2 aliphatic heterocycles. The van der Waals surface area contributed by atoms with Gasteiger partial charge in [-0.15, -0.1) is 0 Å². The minimum atomic E-state index is -0.685. The van der Waals surface area contributed by atoms with Crippen LogP contribution in [0.1, 0.15) is 35.2 Å². The first-order valence-corrected chi connectivity index (χ1v) is 10.6. The molecule has 32 heavy (non-hydrogen) atoms. The second-order valence-electron chi connectivity index (χ2n) is 7.40. The van der Waals surface area contributed by atoms with Crippen LogP contribution in [0.15, 0.2) is 41.6 Å². The van der Waals surface area contributed by atoms with E-state index >= 15 is 0 Å². The Labute approximate surface area is 186 Å². The lowest BCUT2D eigenvalue weighted by Gasteiger charge is -2.26. The Balaban J connectivity index is 1.80. The fourth-order valence-corrected chi connectivity index (χ4v) is 3.37. The zero-order valence-corrected chi connectivity index (χ0v) is 17.9. The minimum Gasteiger partial charge on any atom is -0.508 e. The van der Waals surface area contributed by atoms with Crippen LogP contribution in [0.25, 0.3) is 0 Å². The first-order chi connectivity index (χ1) is 15.5. The van der Waals surface area contributed by atoms with E-state index in [-0.39, 0.29) is 42.6 Å². The number of hydrogen-bond donors (Lipinski definition) is 2. The molecule has 2 N–H and O–H groups in total. The second-order valence-corrected chi connectivity index (χ2v) is 7.40. The van der Waals surface area contributed by atoms with Crippen LogP contribution in [0.4, 0.5) is 0 Å². The molecule has 1 amide bonds. The van der Waals surface area contributed by atoms with Crippen molar-refractivity contribution in [3.63, 3.8) is 0 Å². The van der Waals surface area contributed by atoms with Crippen molar-refractivity contribution in [2.45, 2.75) is 25.7 Å². The number of rotatable bonds is 3. The number of ether oxygens (including phenoxy) is 2. The lowest BCUT2D eigenvalue weighted by molar-refractivity contribution is -0.140. The van der Waals surface area contributed by atoms with Crippen LogP contribution in [0.2, 0.25) is 0 Å². The molecule has 0 spiro atoms. The third kappa shape index (κ3) is 6.84. The minimum absolute atomic E-state index is 0.0330. The van der Waals surface area contributed by atoms with Crippen molar-refractivity contribution in [1.29, 1.82) is 0 Å². The first-order valence-electron chi connectivity index (χ1n) is 10.6. The Morgan fingerprint density at radius 3 is 2.62 bits per heavy atom. The maximum absolute atomic E-state index is 12.6. The van der Waals surface area contributed by atoms with Crippen molar-refractivity contribution in [3.05, 3.63) is 47.6 Å². The number of esters is 1. The average Bonchev–Trinajstić information content (AvgIpc) is 2.77. The molecule has 1 aromatic rings. The van der Waals surface area contributed by atoms with Gasteiger partial charge in [-0.25, -0.2) is 4.79 Å². The molecule has 0 radical (unpaired) electrons. The Morgan fingerprint density at radius 1 is 1.06 bits per heavy atom. The summed E-state index contributed by atoms with van der Waals surface area (Å²) >= 11 is 0. The number of hydrogen-bond acceptors (Lipinski definition) is 8. The molecule has 0 aliphatic carbocycles. The largest absolute Gasteiger partial charge is 0.508 e. The normalized spacial score (nSPS) is 21.2. The van der Waals surface area contributed by atoms with E-state index in [4.69, 9.17) is 14.3 Å². The van der Waals surface area contributed by atoms with Crippen LogP contribution in [0.5, 0.6) is 11.5 Å². The number of aromatic hydroxyl groups is 2. The van der Waals surface area contributed by atoms with E-state index < -0.39 is 5.97 Å². The Kier molecular flexibility index (Phi) is 8.68. The first kappa shape index (κ1) is 23.3. The maximum Gasteiger partial charge on any atom is 0.342 e. The number of cyclic esters (lactones) is 1. The molecule has 2 heterocycles. The van der Waals surface area contributed by atoms with Crippen LogP contribution in [0.3, 0.4) is 0 Å². The molecule has 3 rings (SSSR count). The second kappa shape index (κ2) is 11.9. The van der Waals surface area contributed by atoms with Gasteiger partial charge in [0.25, 0.3) is 5.91 Å². The van der Waals surface area contributed by atoms with Crippen LogP contribution in [-0.4, -0.2) is 72.2 Å².